The van der Waals surface area contributed by atoms with Crippen LogP contribution in [0.2, 0.25) is 5.02 Å². The number of rotatable bonds is 11. The smallest absolute Gasteiger partial charge is 0.258 e. The van der Waals surface area contributed by atoms with Gasteiger partial charge in [0.1, 0.15) is 0 Å². The first-order valence-electron chi connectivity index (χ1n) is 9.01. The van der Waals surface area contributed by atoms with Crippen LogP contribution in [0, 0.1) is 0 Å². The molecule has 0 bridgehead atoms. The van der Waals surface area contributed by atoms with Crippen LogP contribution in [0.15, 0.2) is 12.1 Å². The first kappa shape index (κ1) is 22.5. The van der Waals surface area contributed by atoms with Crippen LogP contribution in [0.1, 0.15) is 39.7 Å². The second kappa shape index (κ2) is 11.3. The fourth-order valence-corrected chi connectivity index (χ4v) is 2.53. The highest BCUT2D eigenvalue weighted by Gasteiger charge is 2.16. The van der Waals surface area contributed by atoms with Gasteiger partial charge < -0.3 is 25.4 Å². The van der Waals surface area contributed by atoms with E-state index in [0.29, 0.717) is 29.7 Å². The normalized spacial score (nSPS) is 11.3. The molecular formula is C19H32ClN3O3. The number of nitrogens with one attached hydrogen (secondary N) is 3. The monoisotopic (exact) mass is 385 g/mol. The number of carbonyl (C=O) groups excluding carboxylic acids is 1. The maximum atomic E-state index is 12.0. The molecule has 0 saturated heterocycles. The fraction of sp³-hybridized carbons (Fsp3) is 0.632. The second-order valence-corrected chi connectivity index (χ2v) is 7.45. The molecule has 0 radical (unpaired) electrons. The van der Waals surface area contributed by atoms with E-state index in [0.717, 1.165) is 25.1 Å². The summed E-state index contributed by atoms with van der Waals surface area (Å²) in [5.41, 5.74) is 0.634. The van der Waals surface area contributed by atoms with Gasteiger partial charge in [-0.25, -0.2) is 0 Å². The molecule has 1 aromatic carbocycles. The van der Waals surface area contributed by atoms with Gasteiger partial charge in [-0.2, -0.15) is 0 Å². The third-order valence-corrected chi connectivity index (χ3v) is 3.73. The molecule has 0 aliphatic carbocycles. The van der Waals surface area contributed by atoms with E-state index < -0.39 is 0 Å². The summed E-state index contributed by atoms with van der Waals surface area (Å²) in [4.78, 5) is 12.0. The van der Waals surface area contributed by atoms with Crippen molar-refractivity contribution in [1.29, 1.82) is 0 Å². The van der Waals surface area contributed by atoms with Gasteiger partial charge in [-0.15, -0.1) is 0 Å². The van der Waals surface area contributed by atoms with Crippen molar-refractivity contribution in [3.05, 3.63) is 22.7 Å². The van der Waals surface area contributed by atoms with E-state index in [1.54, 1.807) is 6.07 Å². The minimum atomic E-state index is -0.302. The van der Waals surface area contributed by atoms with Gasteiger partial charge in [0.25, 0.3) is 5.91 Å². The lowest BCUT2D eigenvalue weighted by atomic mass is 10.1. The van der Waals surface area contributed by atoms with E-state index in [1.807, 2.05) is 40.8 Å². The molecule has 0 atom stereocenters. The SMILES string of the molecule is CCOc1cc(CNCCCNC)c(Cl)cc1OCC(=O)NC(C)(C)C. The molecule has 1 aromatic rings. The average molecular weight is 386 g/mol. The Labute approximate surface area is 162 Å². The van der Waals surface area contributed by atoms with Crippen LogP contribution in [-0.2, 0) is 11.3 Å². The zero-order chi connectivity index (χ0) is 19.6. The summed E-state index contributed by atoms with van der Waals surface area (Å²) in [6, 6.07) is 3.58. The van der Waals surface area contributed by atoms with Crippen molar-refractivity contribution in [3.63, 3.8) is 0 Å². The minimum absolute atomic E-state index is 0.0880. The Bertz CT molecular complexity index is 574. The predicted octanol–water partition coefficient (Wildman–Crippen LogP) is 2.73. The van der Waals surface area contributed by atoms with Crippen LogP contribution in [0.5, 0.6) is 11.5 Å². The number of hydrogen-bond donors (Lipinski definition) is 3. The van der Waals surface area contributed by atoms with E-state index in [2.05, 4.69) is 16.0 Å². The highest BCUT2D eigenvalue weighted by Crippen LogP contribution is 2.33. The van der Waals surface area contributed by atoms with Gasteiger partial charge in [-0.1, -0.05) is 11.6 Å². The highest BCUT2D eigenvalue weighted by molar-refractivity contribution is 6.31. The Morgan fingerprint density at radius 3 is 2.46 bits per heavy atom. The fourth-order valence-electron chi connectivity index (χ4n) is 2.30. The summed E-state index contributed by atoms with van der Waals surface area (Å²) in [5.74, 6) is 0.874. The molecule has 7 heteroatoms. The molecule has 3 N–H and O–H groups in total. The summed E-state index contributed by atoms with van der Waals surface area (Å²) in [7, 11) is 1.94. The molecule has 6 nitrogen and oxygen atoms in total. The Morgan fingerprint density at radius 1 is 1.15 bits per heavy atom. The van der Waals surface area contributed by atoms with Crippen molar-refractivity contribution in [3.8, 4) is 11.5 Å². The topological polar surface area (TPSA) is 71.6 Å². The van der Waals surface area contributed by atoms with E-state index in [4.69, 9.17) is 21.1 Å². The molecule has 148 valence electrons. The predicted molar refractivity (Wildman–Crippen MR) is 106 cm³/mol. The third kappa shape index (κ3) is 8.74. The van der Waals surface area contributed by atoms with Gasteiger partial charge in [-0.05, 0) is 65.9 Å². The summed E-state index contributed by atoms with van der Waals surface area (Å²) >= 11 is 6.37. The Hall–Kier alpha value is -1.50. The van der Waals surface area contributed by atoms with E-state index in [-0.39, 0.29) is 18.1 Å². The number of carbonyl (C=O) groups is 1. The van der Waals surface area contributed by atoms with Crippen molar-refractivity contribution >= 4 is 17.5 Å². The molecule has 0 aliphatic heterocycles. The van der Waals surface area contributed by atoms with Crippen molar-refractivity contribution in [2.24, 2.45) is 0 Å². The summed E-state index contributed by atoms with van der Waals surface area (Å²) in [5, 5.41) is 9.91. The van der Waals surface area contributed by atoms with E-state index in [1.165, 1.54) is 0 Å². The van der Waals surface area contributed by atoms with Gasteiger partial charge in [-0.3, -0.25) is 4.79 Å². The lowest BCUT2D eigenvalue weighted by Crippen LogP contribution is -2.43. The van der Waals surface area contributed by atoms with Gasteiger partial charge in [0, 0.05) is 23.2 Å². The Kier molecular flexibility index (Phi) is 9.76. The van der Waals surface area contributed by atoms with Gasteiger partial charge >= 0.3 is 0 Å². The zero-order valence-electron chi connectivity index (χ0n) is 16.5. The molecule has 0 spiro atoms. The van der Waals surface area contributed by atoms with Crippen LogP contribution in [0.3, 0.4) is 0 Å². The largest absolute Gasteiger partial charge is 0.490 e. The molecule has 0 unspecified atom stereocenters. The number of hydrogen-bond acceptors (Lipinski definition) is 5. The number of benzene rings is 1. The van der Waals surface area contributed by atoms with Crippen LogP contribution in [0.4, 0.5) is 0 Å². The second-order valence-electron chi connectivity index (χ2n) is 7.04. The van der Waals surface area contributed by atoms with Crippen molar-refractivity contribution < 1.29 is 14.3 Å². The summed E-state index contributed by atoms with van der Waals surface area (Å²) < 4.78 is 11.3. The molecular weight excluding hydrogens is 354 g/mol. The Morgan fingerprint density at radius 2 is 1.85 bits per heavy atom. The quantitative estimate of drug-likeness (QED) is 0.511. The standard InChI is InChI=1S/C19H32ClN3O3/c1-6-25-16-10-14(12-22-9-7-8-21-5)15(20)11-17(16)26-13-18(24)23-19(2,3)4/h10-11,21-22H,6-9,12-13H2,1-5H3,(H,23,24). The number of halogens is 1. The first-order valence-corrected chi connectivity index (χ1v) is 9.39. The van der Waals surface area contributed by atoms with Crippen LogP contribution in [0.25, 0.3) is 0 Å². The van der Waals surface area contributed by atoms with Crippen LogP contribution < -0.4 is 25.4 Å². The molecule has 0 fully saturated rings. The molecule has 0 heterocycles. The molecule has 0 saturated carbocycles. The zero-order valence-corrected chi connectivity index (χ0v) is 17.3. The first-order chi connectivity index (χ1) is 12.3. The van der Waals surface area contributed by atoms with Crippen LogP contribution in [-0.4, -0.2) is 44.8 Å². The number of amides is 1. The van der Waals surface area contributed by atoms with Crippen molar-refractivity contribution in [2.75, 3.05) is 33.4 Å². The third-order valence-electron chi connectivity index (χ3n) is 3.38. The van der Waals surface area contributed by atoms with Crippen LogP contribution >= 0.6 is 11.6 Å². The highest BCUT2D eigenvalue weighted by atomic mass is 35.5. The van der Waals surface area contributed by atoms with Gasteiger partial charge in [0.2, 0.25) is 0 Å². The maximum Gasteiger partial charge on any atom is 0.258 e. The van der Waals surface area contributed by atoms with Gasteiger partial charge in [0.05, 0.1) is 6.61 Å². The Balaban J connectivity index is 2.73. The maximum absolute atomic E-state index is 12.0. The van der Waals surface area contributed by atoms with Gasteiger partial charge in [0.15, 0.2) is 18.1 Å². The van der Waals surface area contributed by atoms with Crippen molar-refractivity contribution in [1.82, 2.24) is 16.0 Å². The van der Waals surface area contributed by atoms with Crippen molar-refractivity contribution in [2.45, 2.75) is 46.2 Å². The summed E-state index contributed by atoms with van der Waals surface area (Å²) in [6.45, 7) is 10.6. The molecule has 0 aliphatic rings. The lowest BCUT2D eigenvalue weighted by Gasteiger charge is -2.21. The lowest BCUT2D eigenvalue weighted by molar-refractivity contribution is -0.124. The minimum Gasteiger partial charge on any atom is -0.490 e. The molecule has 26 heavy (non-hydrogen) atoms. The van der Waals surface area contributed by atoms with E-state index in [9.17, 15) is 4.79 Å². The molecule has 1 rings (SSSR count). The van der Waals surface area contributed by atoms with E-state index >= 15 is 0 Å². The number of ether oxygens (including phenoxy) is 2. The average Bonchev–Trinajstić information content (AvgIpc) is 2.54. The summed E-state index contributed by atoms with van der Waals surface area (Å²) in [6.07, 6.45) is 1.04. The molecule has 1 amide bonds. The molecule has 0 aromatic heterocycles.